The number of imidazole rings is 1. The largest absolute Gasteiger partial charge is 0.467 e. The van der Waals surface area contributed by atoms with Gasteiger partial charge in [-0.3, -0.25) is 14.2 Å². The van der Waals surface area contributed by atoms with Gasteiger partial charge >= 0.3 is 0 Å². The lowest BCUT2D eigenvalue weighted by Crippen LogP contribution is -2.22. The number of nitrogens with one attached hydrogen (secondary N) is 2. The predicted molar refractivity (Wildman–Crippen MR) is 133 cm³/mol. The lowest BCUT2D eigenvalue weighted by Gasteiger charge is -2.13. The van der Waals surface area contributed by atoms with E-state index in [1.54, 1.807) is 30.7 Å². The van der Waals surface area contributed by atoms with Crippen LogP contribution < -0.4 is 10.6 Å². The van der Waals surface area contributed by atoms with E-state index >= 15 is 0 Å². The molecule has 2 amide bonds. The number of hydrogen-bond acceptors (Lipinski definition) is 5. The number of benzene rings is 2. The molecule has 0 fully saturated rings. The maximum atomic E-state index is 12.7. The molecule has 4 aromatic rings. The van der Waals surface area contributed by atoms with Crippen molar-refractivity contribution in [1.82, 2.24) is 14.9 Å². The van der Waals surface area contributed by atoms with Crippen LogP contribution in [0.1, 0.15) is 34.2 Å². The average molecular weight is 475 g/mol. The Labute approximate surface area is 202 Å². The number of anilines is 1. The van der Waals surface area contributed by atoms with E-state index in [1.807, 2.05) is 54.1 Å². The Balaban J connectivity index is 1.41. The van der Waals surface area contributed by atoms with Gasteiger partial charge < -0.3 is 15.1 Å². The molecule has 0 radical (unpaired) electrons. The Hall–Kier alpha value is -3.78. The van der Waals surface area contributed by atoms with Crippen LogP contribution in [0.3, 0.4) is 0 Å². The van der Waals surface area contributed by atoms with Crippen molar-refractivity contribution in [3.05, 3.63) is 95.7 Å². The fourth-order valence-corrected chi connectivity index (χ4v) is 4.35. The number of aryl methyl sites for hydroxylation is 2. The molecule has 0 atom stereocenters. The van der Waals surface area contributed by atoms with Gasteiger partial charge in [-0.25, -0.2) is 4.98 Å². The highest BCUT2D eigenvalue weighted by molar-refractivity contribution is 7.99. The SMILES string of the molecule is CCc1cccc(C)c1NC(=O)CSc1nccn1-c1cccc(C(=O)NCc2ccco2)c1. The smallest absolute Gasteiger partial charge is 0.251 e. The predicted octanol–water partition coefficient (Wildman–Crippen LogP) is 5.00. The second-order valence-electron chi connectivity index (χ2n) is 7.69. The summed E-state index contributed by atoms with van der Waals surface area (Å²) in [6.07, 6.45) is 5.92. The summed E-state index contributed by atoms with van der Waals surface area (Å²) < 4.78 is 7.13. The molecule has 4 rings (SSSR count). The first-order chi connectivity index (χ1) is 16.5. The van der Waals surface area contributed by atoms with Crippen LogP contribution in [0.2, 0.25) is 0 Å². The summed E-state index contributed by atoms with van der Waals surface area (Å²) in [5.74, 6) is 0.622. The first-order valence-electron chi connectivity index (χ1n) is 11.0. The first kappa shape index (κ1) is 23.4. The van der Waals surface area contributed by atoms with Gasteiger partial charge in [0, 0.05) is 29.3 Å². The van der Waals surface area contributed by atoms with Gasteiger partial charge in [0.25, 0.3) is 5.91 Å². The van der Waals surface area contributed by atoms with E-state index in [2.05, 4.69) is 22.5 Å². The highest BCUT2D eigenvalue weighted by Gasteiger charge is 2.13. The van der Waals surface area contributed by atoms with E-state index in [0.29, 0.717) is 23.0 Å². The fraction of sp³-hybridized carbons (Fsp3) is 0.192. The molecule has 34 heavy (non-hydrogen) atoms. The molecule has 2 aromatic heterocycles. The third-order valence-corrected chi connectivity index (χ3v) is 6.30. The minimum Gasteiger partial charge on any atom is -0.467 e. The van der Waals surface area contributed by atoms with E-state index < -0.39 is 0 Å². The number of carbonyl (C=O) groups is 2. The number of amides is 2. The summed E-state index contributed by atoms with van der Waals surface area (Å²) >= 11 is 1.34. The van der Waals surface area contributed by atoms with Crippen molar-refractivity contribution >= 4 is 29.3 Å². The molecule has 7 nitrogen and oxygen atoms in total. The molecular formula is C26H26N4O3S. The molecule has 174 valence electrons. The number of furan rings is 1. The van der Waals surface area contributed by atoms with Crippen molar-refractivity contribution < 1.29 is 14.0 Å². The Morgan fingerprint density at radius 3 is 2.76 bits per heavy atom. The second-order valence-corrected chi connectivity index (χ2v) is 8.63. The van der Waals surface area contributed by atoms with Crippen LogP contribution in [0.4, 0.5) is 5.69 Å². The highest BCUT2D eigenvalue weighted by Crippen LogP contribution is 2.24. The Bertz CT molecular complexity index is 1280. The van der Waals surface area contributed by atoms with Crippen molar-refractivity contribution in [1.29, 1.82) is 0 Å². The number of hydrogen-bond donors (Lipinski definition) is 2. The van der Waals surface area contributed by atoms with Gasteiger partial charge in [0.15, 0.2) is 5.16 Å². The summed E-state index contributed by atoms with van der Waals surface area (Å²) in [6.45, 7) is 4.38. The molecule has 0 aliphatic heterocycles. The van der Waals surface area contributed by atoms with E-state index in [1.165, 1.54) is 11.8 Å². The van der Waals surface area contributed by atoms with Crippen LogP contribution in [0.15, 0.2) is 82.8 Å². The van der Waals surface area contributed by atoms with Gasteiger partial charge in [-0.15, -0.1) is 0 Å². The van der Waals surface area contributed by atoms with Crippen molar-refractivity contribution in [2.75, 3.05) is 11.1 Å². The van der Waals surface area contributed by atoms with Crippen LogP contribution in [-0.2, 0) is 17.8 Å². The van der Waals surface area contributed by atoms with Crippen molar-refractivity contribution in [3.8, 4) is 5.69 Å². The third kappa shape index (κ3) is 5.58. The maximum absolute atomic E-state index is 12.7. The lowest BCUT2D eigenvalue weighted by atomic mass is 10.1. The molecular weight excluding hydrogens is 448 g/mol. The Morgan fingerprint density at radius 2 is 1.97 bits per heavy atom. The quantitative estimate of drug-likeness (QED) is 0.333. The summed E-state index contributed by atoms with van der Waals surface area (Å²) in [6, 6.07) is 16.9. The summed E-state index contributed by atoms with van der Waals surface area (Å²) in [7, 11) is 0. The molecule has 2 N–H and O–H groups in total. The van der Waals surface area contributed by atoms with E-state index in [4.69, 9.17) is 4.42 Å². The molecule has 2 aromatic carbocycles. The van der Waals surface area contributed by atoms with E-state index in [9.17, 15) is 9.59 Å². The van der Waals surface area contributed by atoms with Gasteiger partial charge in [-0.2, -0.15) is 0 Å². The second kappa shape index (κ2) is 10.9. The first-order valence-corrected chi connectivity index (χ1v) is 12.0. The van der Waals surface area contributed by atoms with Crippen LogP contribution in [-0.4, -0.2) is 27.1 Å². The number of carbonyl (C=O) groups excluding carboxylic acids is 2. The van der Waals surface area contributed by atoms with Crippen LogP contribution in [0, 0.1) is 6.92 Å². The highest BCUT2D eigenvalue weighted by atomic mass is 32.2. The number of thioether (sulfide) groups is 1. The fourth-order valence-electron chi connectivity index (χ4n) is 3.58. The number of nitrogens with zero attached hydrogens (tertiary/aromatic N) is 2. The van der Waals surface area contributed by atoms with Gasteiger partial charge in [-0.05, 0) is 54.8 Å². The minimum atomic E-state index is -0.197. The average Bonchev–Trinajstić information content (AvgIpc) is 3.55. The number of rotatable bonds is 9. The zero-order valence-corrected chi connectivity index (χ0v) is 19.9. The normalized spacial score (nSPS) is 10.8. The van der Waals surface area contributed by atoms with Crippen molar-refractivity contribution in [2.45, 2.75) is 32.0 Å². The third-order valence-electron chi connectivity index (χ3n) is 5.33. The zero-order valence-electron chi connectivity index (χ0n) is 19.1. The summed E-state index contributed by atoms with van der Waals surface area (Å²) in [4.78, 5) is 29.6. The van der Waals surface area contributed by atoms with Gasteiger partial charge in [0.2, 0.25) is 5.91 Å². The molecule has 0 aliphatic carbocycles. The van der Waals surface area contributed by atoms with Gasteiger partial charge in [-0.1, -0.05) is 43.0 Å². The monoisotopic (exact) mass is 474 g/mol. The molecule has 0 aliphatic rings. The molecule has 2 heterocycles. The minimum absolute atomic E-state index is 0.0883. The Kier molecular flexibility index (Phi) is 7.49. The molecule has 0 spiro atoms. The number of para-hydroxylation sites is 1. The van der Waals surface area contributed by atoms with Gasteiger partial charge in [0.1, 0.15) is 5.76 Å². The van der Waals surface area contributed by atoms with Crippen LogP contribution in [0.5, 0.6) is 0 Å². The van der Waals surface area contributed by atoms with Crippen LogP contribution in [0.25, 0.3) is 5.69 Å². The standard InChI is InChI=1S/C26H26N4O3S/c1-3-19-8-4-7-18(2)24(19)29-23(31)17-34-26-27-12-13-30(26)21-10-5-9-20(15-21)25(32)28-16-22-11-6-14-33-22/h4-15H,3,16-17H2,1-2H3,(H,28,32)(H,29,31). The topological polar surface area (TPSA) is 89.2 Å². The van der Waals surface area contributed by atoms with Gasteiger partial charge in [0.05, 0.1) is 18.6 Å². The van der Waals surface area contributed by atoms with E-state index in [0.717, 1.165) is 28.9 Å². The summed E-state index contributed by atoms with van der Waals surface area (Å²) in [5, 5.41) is 6.56. The van der Waals surface area contributed by atoms with Crippen molar-refractivity contribution in [2.24, 2.45) is 0 Å². The molecule has 0 saturated heterocycles. The van der Waals surface area contributed by atoms with Crippen molar-refractivity contribution in [3.63, 3.8) is 0 Å². The maximum Gasteiger partial charge on any atom is 0.251 e. The molecule has 0 unspecified atom stereocenters. The van der Waals surface area contributed by atoms with Crippen LogP contribution >= 0.6 is 11.8 Å². The van der Waals surface area contributed by atoms with E-state index in [-0.39, 0.29) is 17.6 Å². The lowest BCUT2D eigenvalue weighted by molar-refractivity contribution is -0.113. The zero-order chi connectivity index (χ0) is 23.9. The number of aromatic nitrogens is 2. The molecule has 8 heteroatoms. The summed E-state index contributed by atoms with van der Waals surface area (Å²) in [5.41, 5.74) is 4.35. The molecule has 0 saturated carbocycles. The Morgan fingerprint density at radius 1 is 1.12 bits per heavy atom. The molecule has 0 bridgehead atoms.